The fourth-order valence-corrected chi connectivity index (χ4v) is 5.82. The number of nitrogens with two attached hydrogens (primary N) is 1. The second-order valence-corrected chi connectivity index (χ2v) is 11.4. The monoisotopic (exact) mass is 506 g/mol. The zero-order chi connectivity index (χ0) is 24.5. The van der Waals surface area contributed by atoms with Crippen molar-refractivity contribution in [2.75, 3.05) is 11.1 Å². The molecule has 0 amide bonds. The van der Waals surface area contributed by atoms with E-state index in [1.165, 1.54) is 6.07 Å². The van der Waals surface area contributed by atoms with Crippen molar-refractivity contribution >= 4 is 43.2 Å². The Morgan fingerprint density at radius 2 is 2.03 bits per heavy atom. The number of aromatic nitrogens is 2. The molecule has 2 aliphatic carbocycles. The molecule has 0 aliphatic heterocycles. The van der Waals surface area contributed by atoms with E-state index >= 15 is 0 Å². The SMILES string of the molecule is Cc1ccc(Nc2ncc(F)c(N=C3C=CCC(CS(=O)(=O)NC4=CC4)C3)n2)cc1S(N)(=O)=O. The summed E-state index contributed by atoms with van der Waals surface area (Å²) in [7, 11) is -7.37. The second kappa shape index (κ2) is 9.24. The molecule has 180 valence electrons. The lowest BCUT2D eigenvalue weighted by molar-refractivity contribution is 0.553. The summed E-state index contributed by atoms with van der Waals surface area (Å²) in [6, 6.07) is 4.52. The molecular formula is C21H23FN6O4S2. The van der Waals surface area contributed by atoms with Crippen molar-refractivity contribution in [1.29, 1.82) is 0 Å². The van der Waals surface area contributed by atoms with Gasteiger partial charge in [-0.05, 0) is 49.5 Å². The predicted octanol–water partition coefficient (Wildman–Crippen LogP) is 2.56. The van der Waals surface area contributed by atoms with Crippen LogP contribution in [0, 0.1) is 18.7 Å². The first kappa shape index (κ1) is 24.0. The highest BCUT2D eigenvalue weighted by atomic mass is 32.2. The quantitative estimate of drug-likeness (QED) is 0.497. The maximum Gasteiger partial charge on any atom is 0.238 e. The molecular weight excluding hydrogens is 483 g/mol. The van der Waals surface area contributed by atoms with Crippen LogP contribution in [0.25, 0.3) is 0 Å². The van der Waals surface area contributed by atoms with Gasteiger partial charge in [0.25, 0.3) is 0 Å². The molecule has 1 unspecified atom stereocenters. The van der Waals surface area contributed by atoms with Crippen LogP contribution in [0.5, 0.6) is 0 Å². The molecule has 4 N–H and O–H groups in total. The van der Waals surface area contributed by atoms with E-state index in [1.54, 1.807) is 37.3 Å². The van der Waals surface area contributed by atoms with E-state index in [9.17, 15) is 21.2 Å². The van der Waals surface area contributed by atoms with Gasteiger partial charge in [-0.25, -0.2) is 36.3 Å². The van der Waals surface area contributed by atoms with E-state index in [-0.39, 0.29) is 28.3 Å². The van der Waals surface area contributed by atoms with Crippen molar-refractivity contribution in [3.05, 3.63) is 59.7 Å². The molecule has 0 bridgehead atoms. The van der Waals surface area contributed by atoms with Gasteiger partial charge in [-0.15, -0.1) is 0 Å². The Hall–Kier alpha value is -3.16. The van der Waals surface area contributed by atoms with Crippen LogP contribution in [0.4, 0.5) is 21.8 Å². The van der Waals surface area contributed by atoms with Gasteiger partial charge >= 0.3 is 0 Å². The Balaban J connectivity index is 1.51. The zero-order valence-electron chi connectivity index (χ0n) is 18.2. The van der Waals surface area contributed by atoms with Gasteiger partial charge in [-0.3, -0.25) is 4.72 Å². The van der Waals surface area contributed by atoms with Crippen LogP contribution in [0.1, 0.15) is 24.8 Å². The molecule has 1 aromatic carbocycles. The molecule has 0 fully saturated rings. The van der Waals surface area contributed by atoms with Crippen molar-refractivity contribution in [2.45, 2.75) is 31.1 Å². The number of aliphatic imine (C=N–C) groups is 1. The van der Waals surface area contributed by atoms with E-state index in [1.807, 2.05) is 0 Å². The molecule has 1 heterocycles. The first-order valence-corrected chi connectivity index (χ1v) is 13.5. The summed E-state index contributed by atoms with van der Waals surface area (Å²) in [4.78, 5) is 12.2. The fraction of sp³-hybridized carbons (Fsp3) is 0.286. The van der Waals surface area contributed by atoms with Crippen LogP contribution >= 0.6 is 0 Å². The molecule has 2 aromatic rings. The number of halogens is 1. The number of nitrogens with one attached hydrogen (secondary N) is 2. The largest absolute Gasteiger partial charge is 0.324 e. The van der Waals surface area contributed by atoms with E-state index < -0.39 is 25.9 Å². The van der Waals surface area contributed by atoms with Crippen LogP contribution in [0.2, 0.25) is 0 Å². The Labute approximate surface area is 197 Å². The average Bonchev–Trinajstić information content (AvgIpc) is 3.54. The smallest absolute Gasteiger partial charge is 0.238 e. The van der Waals surface area contributed by atoms with Gasteiger partial charge in [0.15, 0.2) is 11.6 Å². The molecule has 4 rings (SSSR count). The lowest BCUT2D eigenvalue weighted by Crippen LogP contribution is -2.29. The molecule has 0 radical (unpaired) electrons. The zero-order valence-corrected chi connectivity index (χ0v) is 19.8. The van der Waals surface area contributed by atoms with Crippen molar-refractivity contribution in [3.8, 4) is 0 Å². The summed E-state index contributed by atoms with van der Waals surface area (Å²) in [5, 5.41) is 8.06. The van der Waals surface area contributed by atoms with Crippen molar-refractivity contribution in [1.82, 2.24) is 14.7 Å². The Bertz CT molecular complexity index is 1440. The Kier molecular flexibility index (Phi) is 6.51. The summed E-state index contributed by atoms with van der Waals surface area (Å²) in [6.45, 7) is 1.61. The van der Waals surface area contributed by atoms with Crippen molar-refractivity contribution < 1.29 is 21.2 Å². The lowest BCUT2D eigenvalue weighted by atomic mass is 9.95. The van der Waals surface area contributed by atoms with E-state index in [0.29, 0.717) is 41.9 Å². The minimum Gasteiger partial charge on any atom is -0.324 e. The number of benzene rings is 1. The number of allylic oxidation sites excluding steroid dienone is 4. The third kappa shape index (κ3) is 6.24. The number of nitrogens with zero attached hydrogens (tertiary/aromatic N) is 3. The van der Waals surface area contributed by atoms with E-state index in [4.69, 9.17) is 5.14 Å². The molecule has 1 aromatic heterocycles. The van der Waals surface area contributed by atoms with Crippen LogP contribution in [0.3, 0.4) is 0 Å². The van der Waals surface area contributed by atoms with Crippen molar-refractivity contribution in [3.63, 3.8) is 0 Å². The summed E-state index contributed by atoms with van der Waals surface area (Å²) in [5.41, 5.74) is 2.02. The molecule has 10 nitrogen and oxygen atoms in total. The van der Waals surface area contributed by atoms with Gasteiger partial charge < -0.3 is 5.32 Å². The predicted molar refractivity (Wildman–Crippen MR) is 126 cm³/mol. The van der Waals surface area contributed by atoms with Crippen LogP contribution in [0.15, 0.2) is 58.2 Å². The molecule has 0 spiro atoms. The number of hydrogen-bond acceptors (Lipinski definition) is 8. The first-order chi connectivity index (χ1) is 16.0. The minimum atomic E-state index is -3.92. The first-order valence-electron chi connectivity index (χ1n) is 10.4. The fourth-order valence-electron chi connectivity index (χ4n) is 3.49. The number of rotatable bonds is 8. The number of sulfonamides is 2. The highest BCUT2D eigenvalue weighted by Gasteiger charge is 2.24. The number of hydrogen-bond donors (Lipinski definition) is 3. The summed E-state index contributed by atoms with van der Waals surface area (Å²) in [5.74, 6) is -1.23. The third-order valence-electron chi connectivity index (χ3n) is 5.15. The average molecular weight is 507 g/mol. The topological polar surface area (TPSA) is 156 Å². The van der Waals surface area contributed by atoms with Crippen LogP contribution in [-0.4, -0.2) is 38.3 Å². The van der Waals surface area contributed by atoms with Gasteiger partial charge in [-0.2, -0.15) is 4.98 Å². The highest BCUT2D eigenvalue weighted by Crippen LogP contribution is 2.25. The van der Waals surface area contributed by atoms with Crippen LogP contribution in [-0.2, 0) is 20.0 Å². The maximum absolute atomic E-state index is 14.4. The molecule has 34 heavy (non-hydrogen) atoms. The summed E-state index contributed by atoms with van der Waals surface area (Å²) < 4.78 is 64.9. The summed E-state index contributed by atoms with van der Waals surface area (Å²) in [6.07, 6.45) is 7.83. The van der Waals surface area contributed by atoms with Gasteiger partial charge in [0, 0.05) is 23.5 Å². The normalized spacial score (nSPS) is 19.1. The number of aryl methyl sites for hydroxylation is 1. The lowest BCUT2D eigenvalue weighted by Gasteiger charge is -2.19. The highest BCUT2D eigenvalue weighted by molar-refractivity contribution is 7.89. The van der Waals surface area contributed by atoms with E-state index in [0.717, 1.165) is 6.20 Å². The molecule has 13 heteroatoms. The molecule has 1 atom stereocenters. The van der Waals surface area contributed by atoms with Gasteiger partial charge in [0.05, 0.1) is 16.8 Å². The Morgan fingerprint density at radius 3 is 2.74 bits per heavy atom. The van der Waals surface area contributed by atoms with Gasteiger partial charge in [-0.1, -0.05) is 18.2 Å². The van der Waals surface area contributed by atoms with E-state index in [2.05, 4.69) is 25.0 Å². The number of anilines is 2. The molecule has 2 aliphatic rings. The summed E-state index contributed by atoms with van der Waals surface area (Å²) >= 11 is 0. The third-order valence-corrected chi connectivity index (χ3v) is 7.69. The molecule has 0 saturated heterocycles. The number of primary sulfonamides is 1. The van der Waals surface area contributed by atoms with Gasteiger partial charge in [0.1, 0.15) is 0 Å². The second-order valence-electron chi connectivity index (χ2n) is 8.14. The molecule has 0 saturated carbocycles. The maximum atomic E-state index is 14.4. The Morgan fingerprint density at radius 1 is 1.26 bits per heavy atom. The minimum absolute atomic E-state index is 0.00537. The standard InChI is InChI=1S/C21H23FN6O4S2/c1-13-5-6-17(10-19(13)34(23,31)32)26-21-24-11-18(22)20(27-21)25-16-4-2-3-14(9-16)12-33(29,30)28-15-7-8-15/h2,4-7,10-11,14,28H,3,8-9,12H2,1H3,(H2,23,31,32)(H,24,26,27). The van der Waals surface area contributed by atoms with Crippen molar-refractivity contribution in [2.24, 2.45) is 16.0 Å². The van der Waals surface area contributed by atoms with Gasteiger partial charge in [0.2, 0.25) is 26.0 Å². The van der Waals surface area contributed by atoms with Crippen LogP contribution < -0.4 is 15.2 Å².